The molecule has 1 rings (SSSR count). The second-order valence-corrected chi connectivity index (χ2v) is 6.16. The molecule has 0 aromatic heterocycles. The Bertz CT molecular complexity index is 523. The second-order valence-electron chi connectivity index (χ2n) is 4.05. The van der Waals surface area contributed by atoms with Crippen molar-refractivity contribution < 1.29 is 17.5 Å². The van der Waals surface area contributed by atoms with Crippen LogP contribution in [0.15, 0.2) is 41.1 Å². The predicted octanol–water partition coefficient (Wildman–Crippen LogP) is 2.06. The van der Waals surface area contributed by atoms with Crippen molar-refractivity contribution in [1.82, 2.24) is 0 Å². The number of sulfone groups is 1. The molecule has 0 aliphatic carbocycles. The molecule has 0 radical (unpaired) electrons. The Kier molecular flexibility index (Phi) is 5.98. The molecule has 0 atom stereocenters. The first-order valence-electron chi connectivity index (χ1n) is 5.97. The van der Waals surface area contributed by atoms with Crippen molar-refractivity contribution in [2.75, 3.05) is 18.9 Å². The van der Waals surface area contributed by atoms with Crippen LogP contribution in [-0.4, -0.2) is 27.3 Å². The predicted molar refractivity (Wildman–Crippen MR) is 72.5 cm³/mol. The molecule has 1 aromatic rings. The molecule has 0 aliphatic heterocycles. The first-order chi connectivity index (χ1) is 9.03. The summed E-state index contributed by atoms with van der Waals surface area (Å²) in [6, 6.07) is 6.08. The van der Waals surface area contributed by atoms with E-state index < -0.39 is 9.84 Å². The van der Waals surface area contributed by atoms with Crippen molar-refractivity contribution in [2.45, 2.75) is 18.2 Å². The van der Waals surface area contributed by atoms with Gasteiger partial charge in [-0.05, 0) is 30.7 Å². The number of nitrogens with two attached hydrogens (primary N) is 1. The number of hydrogen-bond donors (Lipinski definition) is 1. The summed E-state index contributed by atoms with van der Waals surface area (Å²) in [5.74, 6) is 0.595. The molecule has 4 nitrogen and oxygen atoms in total. The van der Waals surface area contributed by atoms with Gasteiger partial charge in [0.05, 0.1) is 17.0 Å². The summed E-state index contributed by atoms with van der Waals surface area (Å²) in [4.78, 5) is 0.266. The van der Waals surface area contributed by atoms with E-state index in [9.17, 15) is 12.8 Å². The van der Waals surface area contributed by atoms with Crippen molar-refractivity contribution in [2.24, 2.45) is 5.73 Å². The molecule has 0 aliphatic rings. The fraction of sp³-hybridized carbons (Fsp3) is 0.385. The van der Waals surface area contributed by atoms with Gasteiger partial charge in [-0.3, -0.25) is 0 Å². The molecule has 0 spiro atoms. The zero-order valence-electron chi connectivity index (χ0n) is 10.8. The van der Waals surface area contributed by atoms with Crippen LogP contribution in [0.2, 0.25) is 0 Å². The number of rotatable bonds is 7. The Morgan fingerprint density at radius 2 is 2.00 bits per heavy atom. The van der Waals surface area contributed by atoms with Gasteiger partial charge in [-0.2, -0.15) is 0 Å². The van der Waals surface area contributed by atoms with Crippen LogP contribution in [0.1, 0.15) is 13.3 Å². The molecule has 0 saturated heterocycles. The Morgan fingerprint density at radius 1 is 1.37 bits per heavy atom. The summed E-state index contributed by atoms with van der Waals surface area (Å²) >= 11 is 0. The molecule has 2 N–H and O–H groups in total. The van der Waals surface area contributed by atoms with Gasteiger partial charge < -0.3 is 10.5 Å². The third-order valence-electron chi connectivity index (χ3n) is 2.50. The van der Waals surface area contributed by atoms with Gasteiger partial charge in [0.1, 0.15) is 12.4 Å². The SMILES string of the molecule is CCCS(=O)(=O)c1ccc(OC/C(=C\F)CN)cc1. The van der Waals surface area contributed by atoms with E-state index in [0.29, 0.717) is 24.1 Å². The summed E-state index contributed by atoms with van der Waals surface area (Å²) in [5, 5.41) is 0. The molecular weight excluding hydrogens is 269 g/mol. The summed E-state index contributed by atoms with van der Waals surface area (Å²) in [5.41, 5.74) is 5.63. The average molecular weight is 287 g/mol. The third-order valence-corrected chi connectivity index (χ3v) is 4.43. The Hall–Kier alpha value is -1.40. The molecule has 0 saturated carbocycles. The lowest BCUT2D eigenvalue weighted by atomic mass is 10.3. The van der Waals surface area contributed by atoms with Crippen molar-refractivity contribution in [3.63, 3.8) is 0 Å². The summed E-state index contributed by atoms with van der Waals surface area (Å²) in [6.45, 7) is 1.94. The zero-order valence-corrected chi connectivity index (χ0v) is 11.6. The Balaban J connectivity index is 2.72. The summed E-state index contributed by atoms with van der Waals surface area (Å²) in [7, 11) is -3.21. The highest BCUT2D eigenvalue weighted by molar-refractivity contribution is 7.91. The van der Waals surface area contributed by atoms with Gasteiger partial charge in [0, 0.05) is 12.1 Å². The lowest BCUT2D eigenvalue weighted by Crippen LogP contribution is -2.11. The fourth-order valence-corrected chi connectivity index (χ4v) is 2.76. The van der Waals surface area contributed by atoms with Gasteiger partial charge in [0.15, 0.2) is 9.84 Å². The number of ether oxygens (including phenoxy) is 1. The van der Waals surface area contributed by atoms with E-state index in [1.165, 1.54) is 12.1 Å². The second kappa shape index (κ2) is 7.25. The standard InChI is InChI=1S/C13H18FNO3S/c1-2-7-19(16,17)13-5-3-12(4-6-13)18-10-11(8-14)9-15/h3-6,8H,2,7,9-10,15H2,1H3/b11-8-. The monoisotopic (exact) mass is 287 g/mol. The smallest absolute Gasteiger partial charge is 0.178 e. The quantitative estimate of drug-likeness (QED) is 0.833. The van der Waals surface area contributed by atoms with Gasteiger partial charge >= 0.3 is 0 Å². The van der Waals surface area contributed by atoms with Crippen LogP contribution in [-0.2, 0) is 9.84 Å². The van der Waals surface area contributed by atoms with E-state index in [4.69, 9.17) is 10.5 Å². The Morgan fingerprint density at radius 3 is 2.47 bits per heavy atom. The van der Waals surface area contributed by atoms with Crippen molar-refractivity contribution >= 4 is 9.84 Å². The molecule has 19 heavy (non-hydrogen) atoms. The Labute approximate surface area is 113 Å². The largest absolute Gasteiger partial charge is 0.489 e. The van der Waals surface area contributed by atoms with Gasteiger partial charge in [-0.25, -0.2) is 12.8 Å². The number of halogens is 1. The van der Waals surface area contributed by atoms with Crippen LogP contribution < -0.4 is 10.5 Å². The zero-order chi connectivity index (χ0) is 14.3. The lowest BCUT2D eigenvalue weighted by molar-refractivity contribution is 0.347. The highest BCUT2D eigenvalue weighted by Crippen LogP contribution is 2.18. The van der Waals surface area contributed by atoms with Crippen molar-refractivity contribution in [3.05, 3.63) is 36.2 Å². The third kappa shape index (κ3) is 4.65. The molecule has 0 unspecified atom stereocenters. The van der Waals surface area contributed by atoms with Crippen molar-refractivity contribution in [3.8, 4) is 5.75 Å². The van der Waals surface area contributed by atoms with E-state index in [-0.39, 0.29) is 23.8 Å². The highest BCUT2D eigenvalue weighted by atomic mass is 32.2. The molecule has 0 bridgehead atoms. The molecule has 6 heteroatoms. The van der Waals surface area contributed by atoms with Crippen LogP contribution in [0.3, 0.4) is 0 Å². The van der Waals surface area contributed by atoms with Gasteiger partial charge in [0.2, 0.25) is 0 Å². The first kappa shape index (κ1) is 15.7. The average Bonchev–Trinajstić information content (AvgIpc) is 2.40. The minimum atomic E-state index is -3.21. The highest BCUT2D eigenvalue weighted by Gasteiger charge is 2.12. The molecule has 106 valence electrons. The molecule has 0 amide bonds. The van der Waals surface area contributed by atoms with Gasteiger partial charge in [-0.15, -0.1) is 0 Å². The van der Waals surface area contributed by atoms with Crippen LogP contribution in [0, 0.1) is 0 Å². The summed E-state index contributed by atoms with van der Waals surface area (Å²) in [6.07, 6.45) is 0.988. The van der Waals surface area contributed by atoms with Crippen molar-refractivity contribution in [1.29, 1.82) is 0 Å². The summed E-state index contributed by atoms with van der Waals surface area (Å²) < 4.78 is 41.1. The van der Waals surface area contributed by atoms with Crippen LogP contribution in [0.25, 0.3) is 0 Å². The van der Waals surface area contributed by atoms with Crippen LogP contribution in [0.4, 0.5) is 4.39 Å². The van der Waals surface area contributed by atoms with E-state index in [1.807, 2.05) is 6.92 Å². The maximum absolute atomic E-state index is 12.3. The van der Waals surface area contributed by atoms with E-state index >= 15 is 0 Å². The van der Waals surface area contributed by atoms with E-state index in [0.717, 1.165) is 0 Å². The first-order valence-corrected chi connectivity index (χ1v) is 7.62. The maximum Gasteiger partial charge on any atom is 0.178 e. The number of benzene rings is 1. The lowest BCUT2D eigenvalue weighted by Gasteiger charge is -2.08. The fourth-order valence-electron chi connectivity index (χ4n) is 1.44. The van der Waals surface area contributed by atoms with Gasteiger partial charge in [0.25, 0.3) is 0 Å². The molecule has 0 fully saturated rings. The maximum atomic E-state index is 12.3. The van der Waals surface area contributed by atoms with Crippen LogP contribution in [0.5, 0.6) is 5.75 Å². The van der Waals surface area contributed by atoms with Gasteiger partial charge in [-0.1, -0.05) is 6.92 Å². The van der Waals surface area contributed by atoms with E-state index in [1.54, 1.807) is 12.1 Å². The van der Waals surface area contributed by atoms with Crippen LogP contribution >= 0.6 is 0 Å². The molecule has 0 heterocycles. The minimum Gasteiger partial charge on any atom is -0.489 e. The molecular formula is C13H18FNO3S. The molecule has 1 aromatic carbocycles. The topological polar surface area (TPSA) is 69.4 Å². The normalized spacial score (nSPS) is 12.5. The number of hydrogen-bond acceptors (Lipinski definition) is 4. The van der Waals surface area contributed by atoms with E-state index in [2.05, 4.69) is 0 Å². The minimum absolute atomic E-state index is 0.0497.